The summed E-state index contributed by atoms with van der Waals surface area (Å²) in [6.07, 6.45) is 1.09. The molecule has 166 valence electrons. The van der Waals surface area contributed by atoms with E-state index in [1.807, 2.05) is 0 Å². The number of rotatable bonds is 6. The minimum absolute atomic E-state index is 0.0553. The molecule has 0 radical (unpaired) electrons. The average molecular weight is 485 g/mol. The molecule has 3 rings (SSSR count). The number of carbonyl (C=O) groups excluding carboxylic acids is 2. The smallest absolute Gasteiger partial charge is 0.339 e. The van der Waals surface area contributed by atoms with E-state index >= 15 is 0 Å². The minimum Gasteiger partial charge on any atom is -0.465 e. The molecule has 2 aromatic carbocycles. The lowest BCUT2D eigenvalue weighted by Crippen LogP contribution is -2.44. The third kappa shape index (κ3) is 5.77. The van der Waals surface area contributed by atoms with Gasteiger partial charge in [-0.2, -0.15) is 0 Å². The van der Waals surface area contributed by atoms with Crippen LogP contribution in [0.5, 0.6) is 0 Å². The van der Waals surface area contributed by atoms with Gasteiger partial charge in [0.05, 0.1) is 30.0 Å². The van der Waals surface area contributed by atoms with Gasteiger partial charge in [-0.1, -0.05) is 41.4 Å². The molecule has 0 saturated carbocycles. The summed E-state index contributed by atoms with van der Waals surface area (Å²) in [5.74, 6) is -1.73. The lowest BCUT2D eigenvalue weighted by Gasteiger charge is -2.31. The molecule has 0 bridgehead atoms. The second-order valence-corrected chi connectivity index (χ2v) is 10.0. The molecule has 1 saturated heterocycles. The van der Waals surface area contributed by atoms with Gasteiger partial charge >= 0.3 is 5.97 Å². The number of amides is 1. The van der Waals surface area contributed by atoms with Crippen LogP contribution in [0.2, 0.25) is 10.0 Å². The third-order valence-electron chi connectivity index (χ3n) is 5.09. The number of carbonyl (C=O) groups is 2. The van der Waals surface area contributed by atoms with Gasteiger partial charge in [0, 0.05) is 23.1 Å². The average Bonchev–Trinajstić information content (AvgIpc) is 2.75. The van der Waals surface area contributed by atoms with Gasteiger partial charge in [-0.15, -0.1) is 0 Å². The van der Waals surface area contributed by atoms with Crippen molar-refractivity contribution in [1.29, 1.82) is 0 Å². The number of ether oxygens (including phenoxy) is 1. The fraction of sp³-hybridized carbons (Fsp3) is 0.333. The lowest BCUT2D eigenvalue weighted by atomic mass is 9.98. The largest absolute Gasteiger partial charge is 0.465 e. The van der Waals surface area contributed by atoms with Crippen molar-refractivity contribution in [3.05, 3.63) is 63.6 Å². The molecular formula is C21H22Cl2N2O5S. The topological polar surface area (TPSA) is 92.8 Å². The third-order valence-corrected chi connectivity index (χ3v) is 7.47. The molecule has 1 aliphatic heterocycles. The van der Waals surface area contributed by atoms with Crippen LogP contribution in [0.1, 0.15) is 28.8 Å². The highest BCUT2D eigenvalue weighted by Crippen LogP contribution is 2.27. The molecule has 7 nitrogen and oxygen atoms in total. The van der Waals surface area contributed by atoms with Crippen molar-refractivity contribution in [3.8, 4) is 0 Å². The first-order valence-electron chi connectivity index (χ1n) is 9.61. The standard InChI is InChI=1S/C21H22Cl2N2O5S/c1-30-21(27)17-6-2-3-7-19(17)24-20(26)14-5-4-10-25(12-14)31(28,29)13-15-8-9-16(22)11-18(15)23/h2-3,6-9,11,14H,4-5,10,12-13H2,1H3,(H,24,26)/t14-/m0/s1. The Morgan fingerprint density at radius 1 is 1.19 bits per heavy atom. The molecule has 1 heterocycles. The van der Waals surface area contributed by atoms with Crippen LogP contribution in [-0.2, 0) is 25.3 Å². The Hall–Kier alpha value is -2.13. The van der Waals surface area contributed by atoms with E-state index in [1.165, 1.54) is 17.5 Å². The molecule has 10 heteroatoms. The summed E-state index contributed by atoms with van der Waals surface area (Å²) in [5, 5.41) is 3.44. The number of para-hydroxylation sites is 1. The number of benzene rings is 2. The number of nitrogens with zero attached hydrogens (tertiary/aromatic N) is 1. The molecule has 0 spiro atoms. The van der Waals surface area contributed by atoms with Crippen molar-refractivity contribution >= 4 is 50.8 Å². The van der Waals surface area contributed by atoms with Crippen LogP contribution in [0.15, 0.2) is 42.5 Å². The van der Waals surface area contributed by atoms with Crippen molar-refractivity contribution < 1.29 is 22.7 Å². The highest BCUT2D eigenvalue weighted by molar-refractivity contribution is 7.88. The summed E-state index contributed by atoms with van der Waals surface area (Å²) in [4.78, 5) is 24.8. The van der Waals surface area contributed by atoms with Crippen LogP contribution in [0.25, 0.3) is 0 Å². The number of hydrogen-bond acceptors (Lipinski definition) is 5. The summed E-state index contributed by atoms with van der Waals surface area (Å²) in [7, 11) is -2.42. The fourth-order valence-electron chi connectivity index (χ4n) is 3.45. The summed E-state index contributed by atoms with van der Waals surface area (Å²) >= 11 is 12.0. The molecule has 0 unspecified atom stereocenters. The van der Waals surface area contributed by atoms with Crippen molar-refractivity contribution in [2.45, 2.75) is 18.6 Å². The van der Waals surface area contributed by atoms with Crippen molar-refractivity contribution in [2.24, 2.45) is 5.92 Å². The molecular weight excluding hydrogens is 463 g/mol. The van der Waals surface area contributed by atoms with E-state index in [9.17, 15) is 18.0 Å². The van der Waals surface area contributed by atoms with E-state index in [-0.39, 0.29) is 28.8 Å². The summed E-state index contributed by atoms with van der Waals surface area (Å²) < 4.78 is 31.9. The van der Waals surface area contributed by atoms with Gasteiger partial charge in [0.15, 0.2) is 0 Å². The van der Waals surface area contributed by atoms with Gasteiger partial charge in [-0.05, 0) is 42.7 Å². The van der Waals surface area contributed by atoms with Crippen LogP contribution in [0.3, 0.4) is 0 Å². The Morgan fingerprint density at radius 2 is 1.94 bits per heavy atom. The zero-order valence-corrected chi connectivity index (χ0v) is 19.1. The van der Waals surface area contributed by atoms with E-state index in [0.29, 0.717) is 35.7 Å². The molecule has 1 fully saturated rings. The zero-order chi connectivity index (χ0) is 22.6. The Balaban J connectivity index is 1.71. The predicted molar refractivity (Wildman–Crippen MR) is 120 cm³/mol. The number of hydrogen-bond donors (Lipinski definition) is 1. The van der Waals surface area contributed by atoms with E-state index in [4.69, 9.17) is 27.9 Å². The summed E-state index contributed by atoms with van der Waals surface area (Å²) in [5.41, 5.74) is 1.01. The first kappa shape index (κ1) is 23.5. The number of sulfonamides is 1. The Bertz CT molecular complexity index is 1090. The minimum atomic E-state index is -3.68. The molecule has 1 amide bonds. The van der Waals surface area contributed by atoms with Crippen LogP contribution in [-0.4, -0.2) is 44.8 Å². The Kier molecular flexibility index (Phi) is 7.59. The van der Waals surface area contributed by atoms with Crippen LogP contribution < -0.4 is 5.32 Å². The van der Waals surface area contributed by atoms with E-state index in [0.717, 1.165) is 0 Å². The number of halogens is 2. The van der Waals surface area contributed by atoms with Gasteiger partial charge in [0.2, 0.25) is 15.9 Å². The highest BCUT2D eigenvalue weighted by atomic mass is 35.5. The van der Waals surface area contributed by atoms with Gasteiger partial charge in [-0.3, -0.25) is 4.79 Å². The van der Waals surface area contributed by atoms with Crippen molar-refractivity contribution in [2.75, 3.05) is 25.5 Å². The van der Waals surface area contributed by atoms with E-state index in [2.05, 4.69) is 5.32 Å². The highest BCUT2D eigenvalue weighted by Gasteiger charge is 2.33. The number of methoxy groups -OCH3 is 1. The van der Waals surface area contributed by atoms with Gasteiger partial charge in [0.1, 0.15) is 0 Å². The van der Waals surface area contributed by atoms with Crippen molar-refractivity contribution in [1.82, 2.24) is 4.31 Å². The fourth-order valence-corrected chi connectivity index (χ4v) is 5.65. The quantitative estimate of drug-likeness (QED) is 0.626. The van der Waals surface area contributed by atoms with Gasteiger partial charge in [-0.25, -0.2) is 17.5 Å². The first-order valence-corrected chi connectivity index (χ1v) is 12.0. The van der Waals surface area contributed by atoms with Crippen LogP contribution in [0.4, 0.5) is 5.69 Å². The van der Waals surface area contributed by atoms with E-state index < -0.39 is 21.9 Å². The lowest BCUT2D eigenvalue weighted by molar-refractivity contribution is -0.120. The monoisotopic (exact) mass is 484 g/mol. The molecule has 1 aliphatic rings. The molecule has 31 heavy (non-hydrogen) atoms. The predicted octanol–water partition coefficient (Wildman–Crippen LogP) is 3.96. The molecule has 0 aromatic heterocycles. The maximum absolute atomic E-state index is 12.9. The second kappa shape index (κ2) is 9.99. The van der Waals surface area contributed by atoms with Crippen LogP contribution in [0, 0.1) is 5.92 Å². The number of anilines is 1. The summed E-state index contributed by atoms with van der Waals surface area (Å²) in [6.45, 7) is 0.385. The molecule has 1 N–H and O–H groups in total. The van der Waals surface area contributed by atoms with Gasteiger partial charge < -0.3 is 10.1 Å². The zero-order valence-electron chi connectivity index (χ0n) is 16.8. The number of esters is 1. The molecule has 1 atom stereocenters. The Labute approximate surface area is 191 Å². The first-order chi connectivity index (χ1) is 14.7. The van der Waals surface area contributed by atoms with Crippen LogP contribution >= 0.6 is 23.2 Å². The molecule has 2 aromatic rings. The second-order valence-electron chi connectivity index (χ2n) is 7.22. The summed E-state index contributed by atoms with van der Waals surface area (Å²) in [6, 6.07) is 11.2. The normalized spacial score (nSPS) is 17.2. The van der Waals surface area contributed by atoms with E-state index in [1.54, 1.807) is 36.4 Å². The molecule has 0 aliphatic carbocycles. The van der Waals surface area contributed by atoms with Crippen molar-refractivity contribution in [3.63, 3.8) is 0 Å². The number of piperidine rings is 1. The maximum atomic E-state index is 12.9. The number of nitrogens with one attached hydrogen (secondary N) is 1. The Morgan fingerprint density at radius 3 is 2.65 bits per heavy atom. The van der Waals surface area contributed by atoms with Gasteiger partial charge in [0.25, 0.3) is 0 Å². The maximum Gasteiger partial charge on any atom is 0.339 e. The SMILES string of the molecule is COC(=O)c1ccccc1NC(=O)[C@H]1CCCN(S(=O)(=O)Cc2ccc(Cl)cc2Cl)C1.